The highest BCUT2D eigenvalue weighted by Crippen LogP contribution is 2.20. The molecule has 0 spiro atoms. The molecule has 3 saturated heterocycles. The van der Waals surface area contributed by atoms with E-state index in [1.165, 1.54) is 5.75 Å². The van der Waals surface area contributed by atoms with Crippen LogP contribution >= 0.6 is 11.8 Å². The summed E-state index contributed by atoms with van der Waals surface area (Å²) in [5, 5.41) is 3.46. The highest BCUT2D eigenvalue weighted by Gasteiger charge is 2.30. The van der Waals surface area contributed by atoms with Gasteiger partial charge in [0.05, 0.1) is 12.7 Å². The van der Waals surface area contributed by atoms with Crippen molar-refractivity contribution in [2.24, 2.45) is 0 Å². The first kappa shape index (κ1) is 16.6. The van der Waals surface area contributed by atoms with E-state index in [4.69, 9.17) is 4.74 Å². The highest BCUT2D eigenvalue weighted by molar-refractivity contribution is 7.99. The molecule has 2 unspecified atom stereocenters. The van der Waals surface area contributed by atoms with Crippen molar-refractivity contribution in [2.75, 3.05) is 50.8 Å². The van der Waals surface area contributed by atoms with Crippen molar-refractivity contribution in [3.8, 4) is 0 Å². The predicted molar refractivity (Wildman–Crippen MR) is 90.3 cm³/mol. The van der Waals surface area contributed by atoms with E-state index in [1.807, 2.05) is 11.8 Å². The normalized spacial score (nSPS) is 32.1. The van der Waals surface area contributed by atoms with Gasteiger partial charge in [0.15, 0.2) is 0 Å². The van der Waals surface area contributed by atoms with Gasteiger partial charge in [-0.05, 0) is 19.8 Å². The van der Waals surface area contributed by atoms with Crippen molar-refractivity contribution in [2.45, 2.75) is 44.4 Å². The summed E-state index contributed by atoms with van der Waals surface area (Å²) in [6.45, 7) is 7.99. The van der Waals surface area contributed by atoms with Gasteiger partial charge in [0, 0.05) is 62.7 Å². The first-order valence-electron chi connectivity index (χ1n) is 8.67. The number of morpholine rings is 1. The van der Waals surface area contributed by atoms with E-state index in [0.29, 0.717) is 30.5 Å². The molecular weight excluding hydrogens is 298 g/mol. The van der Waals surface area contributed by atoms with Crippen molar-refractivity contribution >= 4 is 17.7 Å². The molecule has 0 radical (unpaired) electrons. The summed E-state index contributed by atoms with van der Waals surface area (Å²) in [6, 6.07) is 1.02. The second-order valence-electron chi connectivity index (χ2n) is 6.72. The molecule has 0 saturated carbocycles. The topological polar surface area (TPSA) is 44.8 Å². The Kier molecular flexibility index (Phi) is 6.02. The van der Waals surface area contributed by atoms with Crippen molar-refractivity contribution in [1.82, 2.24) is 15.1 Å². The Bertz CT molecular complexity index is 368. The van der Waals surface area contributed by atoms with Crippen molar-refractivity contribution in [3.63, 3.8) is 0 Å². The molecule has 0 aliphatic carbocycles. The van der Waals surface area contributed by atoms with Crippen molar-refractivity contribution in [1.29, 1.82) is 0 Å². The van der Waals surface area contributed by atoms with E-state index < -0.39 is 0 Å². The lowest BCUT2D eigenvalue weighted by Gasteiger charge is -2.42. The second-order valence-corrected chi connectivity index (χ2v) is 7.87. The van der Waals surface area contributed by atoms with Gasteiger partial charge in [-0.2, -0.15) is 11.8 Å². The fourth-order valence-corrected chi connectivity index (χ4v) is 4.70. The number of carbonyl (C=O) groups is 1. The van der Waals surface area contributed by atoms with Crippen LogP contribution in [0.15, 0.2) is 0 Å². The molecule has 3 heterocycles. The maximum Gasteiger partial charge on any atom is 0.224 e. The van der Waals surface area contributed by atoms with Gasteiger partial charge in [0.25, 0.3) is 0 Å². The van der Waals surface area contributed by atoms with Gasteiger partial charge < -0.3 is 15.0 Å². The summed E-state index contributed by atoms with van der Waals surface area (Å²) in [5.41, 5.74) is 0. The van der Waals surface area contributed by atoms with E-state index >= 15 is 0 Å². The number of likely N-dealkylation sites (tertiary alicyclic amines) is 1. The number of nitrogens with zero attached hydrogens (tertiary/aromatic N) is 2. The smallest absolute Gasteiger partial charge is 0.224 e. The number of amides is 1. The molecule has 3 aliphatic heterocycles. The number of hydrogen-bond donors (Lipinski definition) is 1. The zero-order valence-electron chi connectivity index (χ0n) is 13.6. The lowest BCUT2D eigenvalue weighted by atomic mass is 10.0. The number of nitrogens with one attached hydrogen (secondary N) is 1. The van der Waals surface area contributed by atoms with Gasteiger partial charge >= 0.3 is 0 Å². The van der Waals surface area contributed by atoms with E-state index in [9.17, 15) is 4.79 Å². The van der Waals surface area contributed by atoms with Crippen LogP contribution in [0.5, 0.6) is 0 Å². The molecule has 0 bridgehead atoms. The predicted octanol–water partition coefficient (Wildman–Crippen LogP) is 0.793. The summed E-state index contributed by atoms with van der Waals surface area (Å²) in [5.74, 6) is 2.59. The van der Waals surface area contributed by atoms with Crippen molar-refractivity contribution < 1.29 is 9.53 Å². The highest BCUT2D eigenvalue weighted by atomic mass is 32.2. The molecule has 6 heteroatoms. The van der Waals surface area contributed by atoms with E-state index in [2.05, 4.69) is 22.0 Å². The van der Waals surface area contributed by atoms with E-state index in [0.717, 1.165) is 57.9 Å². The average molecular weight is 327 g/mol. The summed E-state index contributed by atoms with van der Waals surface area (Å²) in [4.78, 5) is 17.1. The minimum absolute atomic E-state index is 0.341. The molecule has 3 aliphatic rings. The maximum absolute atomic E-state index is 12.4. The van der Waals surface area contributed by atoms with Crippen LogP contribution in [0.3, 0.4) is 0 Å². The summed E-state index contributed by atoms with van der Waals surface area (Å²) in [6.07, 6.45) is 3.26. The van der Waals surface area contributed by atoms with Crippen LogP contribution in [0.4, 0.5) is 0 Å². The quantitative estimate of drug-likeness (QED) is 0.830. The van der Waals surface area contributed by atoms with Gasteiger partial charge in [-0.1, -0.05) is 0 Å². The van der Waals surface area contributed by atoms with E-state index in [1.54, 1.807) is 0 Å². The third-order valence-electron chi connectivity index (χ3n) is 5.03. The molecular formula is C16H29N3O2S. The van der Waals surface area contributed by atoms with Crippen LogP contribution in [0.2, 0.25) is 0 Å². The standard InChI is InChI=1S/C16H29N3O2S/c1-13-11-19(7-8-21-13)15-2-5-18(6-3-15)16(20)10-14-12-22-9-4-17-14/h13-15,17H,2-12H2,1H3. The molecule has 22 heavy (non-hydrogen) atoms. The van der Waals surface area contributed by atoms with Crippen LogP contribution in [-0.2, 0) is 9.53 Å². The van der Waals surface area contributed by atoms with Crippen LogP contribution in [-0.4, -0.2) is 84.7 Å². The number of ether oxygens (including phenoxy) is 1. The lowest BCUT2D eigenvalue weighted by molar-refractivity contribution is -0.133. The molecule has 5 nitrogen and oxygen atoms in total. The Morgan fingerprint density at radius 2 is 2.14 bits per heavy atom. The monoisotopic (exact) mass is 327 g/mol. The lowest BCUT2D eigenvalue weighted by Crippen LogP contribution is -2.52. The molecule has 126 valence electrons. The second kappa shape index (κ2) is 7.99. The number of piperidine rings is 1. The third kappa shape index (κ3) is 4.37. The van der Waals surface area contributed by atoms with Gasteiger partial charge in [0.1, 0.15) is 0 Å². The number of thioether (sulfide) groups is 1. The zero-order chi connectivity index (χ0) is 15.4. The maximum atomic E-state index is 12.4. The van der Waals surface area contributed by atoms with E-state index in [-0.39, 0.29) is 0 Å². The average Bonchev–Trinajstić information content (AvgIpc) is 2.56. The minimum Gasteiger partial charge on any atom is -0.376 e. The number of carbonyl (C=O) groups excluding carboxylic acids is 1. The summed E-state index contributed by atoms with van der Waals surface area (Å²) < 4.78 is 5.63. The zero-order valence-corrected chi connectivity index (χ0v) is 14.4. The summed E-state index contributed by atoms with van der Waals surface area (Å²) >= 11 is 1.96. The number of rotatable bonds is 3. The van der Waals surface area contributed by atoms with Gasteiger partial charge in [-0.15, -0.1) is 0 Å². The molecule has 3 rings (SSSR count). The summed E-state index contributed by atoms with van der Waals surface area (Å²) in [7, 11) is 0. The van der Waals surface area contributed by atoms with Crippen LogP contribution < -0.4 is 5.32 Å². The van der Waals surface area contributed by atoms with Gasteiger partial charge in [0.2, 0.25) is 5.91 Å². The van der Waals surface area contributed by atoms with Crippen LogP contribution in [0.25, 0.3) is 0 Å². The minimum atomic E-state index is 0.341. The molecule has 2 atom stereocenters. The first-order chi connectivity index (χ1) is 10.7. The SMILES string of the molecule is CC1CN(C2CCN(C(=O)CC3CSCCN3)CC2)CCO1. The Labute approximate surface area is 138 Å². The molecule has 1 amide bonds. The fraction of sp³-hybridized carbons (Fsp3) is 0.938. The van der Waals surface area contributed by atoms with Crippen LogP contribution in [0, 0.1) is 0 Å². The van der Waals surface area contributed by atoms with Gasteiger partial charge in [-0.25, -0.2) is 0 Å². The Morgan fingerprint density at radius 1 is 1.32 bits per heavy atom. The fourth-order valence-electron chi connectivity index (χ4n) is 3.75. The molecule has 0 aromatic rings. The molecule has 0 aromatic heterocycles. The Morgan fingerprint density at radius 3 is 2.82 bits per heavy atom. The molecule has 0 aromatic carbocycles. The number of hydrogen-bond acceptors (Lipinski definition) is 5. The Balaban J connectivity index is 1.41. The Hall–Kier alpha value is -0.300. The first-order valence-corrected chi connectivity index (χ1v) is 9.82. The van der Waals surface area contributed by atoms with Crippen molar-refractivity contribution in [3.05, 3.63) is 0 Å². The largest absolute Gasteiger partial charge is 0.376 e. The third-order valence-corrected chi connectivity index (χ3v) is 6.16. The van der Waals surface area contributed by atoms with Gasteiger partial charge in [-0.3, -0.25) is 9.69 Å². The molecule has 3 fully saturated rings. The van der Waals surface area contributed by atoms with Crippen LogP contribution in [0.1, 0.15) is 26.2 Å². The molecule has 1 N–H and O–H groups in total.